The zero-order valence-electron chi connectivity index (χ0n) is 15.6. The molecule has 0 fully saturated rings. The number of hydrogen-bond acceptors (Lipinski definition) is 5. The van der Waals surface area contributed by atoms with Gasteiger partial charge in [-0.05, 0) is 17.7 Å². The number of rotatable bonds is 4. The van der Waals surface area contributed by atoms with Gasteiger partial charge in [0.25, 0.3) is 0 Å². The van der Waals surface area contributed by atoms with Gasteiger partial charge in [0, 0.05) is 36.3 Å². The van der Waals surface area contributed by atoms with Crippen molar-refractivity contribution in [2.45, 2.75) is 6.42 Å². The molecule has 0 unspecified atom stereocenters. The number of aromatic nitrogens is 3. The van der Waals surface area contributed by atoms with Crippen LogP contribution in [0.15, 0.2) is 60.9 Å². The van der Waals surface area contributed by atoms with Crippen LogP contribution in [0.3, 0.4) is 0 Å². The Hall–Kier alpha value is -4.00. The van der Waals surface area contributed by atoms with Gasteiger partial charge in [-0.25, -0.2) is 9.97 Å². The highest BCUT2D eigenvalue weighted by Crippen LogP contribution is 2.33. The first-order valence-corrected chi connectivity index (χ1v) is 9.23. The van der Waals surface area contributed by atoms with E-state index in [1.807, 2.05) is 40.8 Å². The van der Waals surface area contributed by atoms with Gasteiger partial charge in [-0.1, -0.05) is 36.4 Å². The Morgan fingerprint density at radius 1 is 1.17 bits per heavy atom. The number of amides is 1. The van der Waals surface area contributed by atoms with E-state index in [9.17, 15) is 9.59 Å². The highest BCUT2D eigenvalue weighted by Gasteiger charge is 2.25. The number of imidazole rings is 1. The van der Waals surface area contributed by atoms with Gasteiger partial charge >= 0.3 is 0 Å². The van der Waals surface area contributed by atoms with Crippen molar-refractivity contribution in [2.75, 3.05) is 17.7 Å². The van der Waals surface area contributed by atoms with Crippen molar-refractivity contribution in [3.8, 4) is 11.3 Å². The number of nitrogens with one attached hydrogen (secondary N) is 2. The Kier molecular flexibility index (Phi) is 3.87. The lowest BCUT2D eigenvalue weighted by atomic mass is 10.0. The van der Waals surface area contributed by atoms with E-state index in [0.717, 1.165) is 16.8 Å². The lowest BCUT2D eigenvalue weighted by Crippen LogP contribution is -2.04. The predicted molar refractivity (Wildman–Crippen MR) is 110 cm³/mol. The Balaban J connectivity index is 1.76. The van der Waals surface area contributed by atoms with Gasteiger partial charge in [0.2, 0.25) is 11.7 Å². The third-order valence-electron chi connectivity index (χ3n) is 5.03. The van der Waals surface area contributed by atoms with E-state index in [0.29, 0.717) is 34.8 Å². The highest BCUT2D eigenvalue weighted by molar-refractivity contribution is 6.12. The number of ketones is 1. The fraction of sp³-hybridized carbons (Fsp3) is 0.0909. The molecule has 142 valence electrons. The lowest BCUT2D eigenvalue weighted by Gasteiger charge is -2.08. The molecule has 0 saturated heterocycles. The van der Waals surface area contributed by atoms with Crippen LogP contribution in [0.2, 0.25) is 0 Å². The number of carbonyl (C=O) groups is 2. The molecular weight excluding hydrogens is 366 g/mol. The molecule has 2 aromatic heterocycles. The average Bonchev–Trinajstić information content (AvgIpc) is 3.32. The van der Waals surface area contributed by atoms with Gasteiger partial charge in [-0.2, -0.15) is 0 Å². The number of fused-ring (bicyclic) bond motifs is 2. The summed E-state index contributed by atoms with van der Waals surface area (Å²) in [7, 11) is 1.77. The van der Waals surface area contributed by atoms with Crippen molar-refractivity contribution in [1.82, 2.24) is 14.4 Å². The van der Waals surface area contributed by atoms with Crippen LogP contribution in [-0.4, -0.2) is 33.1 Å². The van der Waals surface area contributed by atoms with Crippen molar-refractivity contribution in [3.05, 3.63) is 77.7 Å². The highest BCUT2D eigenvalue weighted by atomic mass is 16.1. The van der Waals surface area contributed by atoms with Crippen LogP contribution in [0.5, 0.6) is 0 Å². The summed E-state index contributed by atoms with van der Waals surface area (Å²) in [6.45, 7) is 0. The molecular formula is C22H17N5O2. The molecule has 2 aromatic carbocycles. The first-order chi connectivity index (χ1) is 14.2. The molecule has 0 aliphatic carbocycles. The molecule has 1 aliphatic rings. The number of hydrogen-bond donors (Lipinski definition) is 2. The standard InChI is InChI=1S/C22H17N5O2/c1-23-21-22-26-18(20(29)13-5-3-2-4-6-13)19(27(22)10-9-24-21)14-7-8-16-15(11-14)12-17(28)25-16/h2-11H,12H2,1H3,(H,23,24)(H,25,28). The second-order valence-corrected chi connectivity index (χ2v) is 6.82. The Morgan fingerprint density at radius 2 is 2.00 bits per heavy atom. The van der Waals surface area contributed by atoms with E-state index in [1.165, 1.54) is 0 Å². The minimum atomic E-state index is -0.166. The summed E-state index contributed by atoms with van der Waals surface area (Å²) >= 11 is 0. The minimum Gasteiger partial charge on any atom is -0.370 e. The summed E-state index contributed by atoms with van der Waals surface area (Å²) in [5.41, 5.74) is 4.69. The molecule has 29 heavy (non-hydrogen) atoms. The molecule has 2 N–H and O–H groups in total. The molecule has 0 saturated carbocycles. The molecule has 3 heterocycles. The third kappa shape index (κ3) is 2.75. The summed E-state index contributed by atoms with van der Waals surface area (Å²) in [5, 5.41) is 5.87. The molecule has 0 atom stereocenters. The van der Waals surface area contributed by atoms with Crippen molar-refractivity contribution in [2.24, 2.45) is 0 Å². The number of benzene rings is 2. The number of carbonyl (C=O) groups excluding carboxylic acids is 2. The zero-order valence-corrected chi connectivity index (χ0v) is 15.6. The van der Waals surface area contributed by atoms with Gasteiger partial charge in [0.1, 0.15) is 5.69 Å². The molecule has 0 spiro atoms. The van der Waals surface area contributed by atoms with Gasteiger partial charge in [0.15, 0.2) is 11.5 Å². The van der Waals surface area contributed by atoms with Gasteiger partial charge in [0.05, 0.1) is 12.1 Å². The first kappa shape index (κ1) is 17.1. The monoisotopic (exact) mass is 383 g/mol. The van der Waals surface area contributed by atoms with Crippen LogP contribution in [0.25, 0.3) is 16.9 Å². The van der Waals surface area contributed by atoms with Gasteiger partial charge in [-0.3, -0.25) is 14.0 Å². The van der Waals surface area contributed by atoms with Crippen LogP contribution >= 0.6 is 0 Å². The molecule has 0 bridgehead atoms. The summed E-state index contributed by atoms with van der Waals surface area (Å²) in [6, 6.07) is 14.8. The van der Waals surface area contributed by atoms with E-state index < -0.39 is 0 Å². The quantitative estimate of drug-likeness (QED) is 0.529. The van der Waals surface area contributed by atoms with Crippen molar-refractivity contribution >= 4 is 28.8 Å². The van der Waals surface area contributed by atoms with Crippen LogP contribution in [0.4, 0.5) is 11.5 Å². The Labute approximate surface area is 166 Å². The van der Waals surface area contributed by atoms with Crippen LogP contribution in [0, 0.1) is 0 Å². The van der Waals surface area contributed by atoms with Crippen LogP contribution in [-0.2, 0) is 11.2 Å². The largest absolute Gasteiger partial charge is 0.370 e. The maximum Gasteiger partial charge on any atom is 0.228 e. The van der Waals surface area contributed by atoms with Crippen molar-refractivity contribution < 1.29 is 9.59 Å². The van der Waals surface area contributed by atoms with E-state index in [1.54, 1.807) is 31.6 Å². The molecule has 4 aromatic rings. The summed E-state index contributed by atoms with van der Waals surface area (Å²) in [5.74, 6) is 0.387. The van der Waals surface area contributed by atoms with E-state index in [-0.39, 0.29) is 11.7 Å². The van der Waals surface area contributed by atoms with E-state index in [2.05, 4.69) is 20.6 Å². The topological polar surface area (TPSA) is 88.4 Å². The third-order valence-corrected chi connectivity index (χ3v) is 5.03. The summed E-state index contributed by atoms with van der Waals surface area (Å²) in [6.07, 6.45) is 3.78. The van der Waals surface area contributed by atoms with E-state index in [4.69, 9.17) is 0 Å². The second-order valence-electron chi connectivity index (χ2n) is 6.82. The van der Waals surface area contributed by atoms with Gasteiger partial charge < -0.3 is 10.6 Å². The summed E-state index contributed by atoms with van der Waals surface area (Å²) < 4.78 is 1.86. The molecule has 1 amide bonds. The summed E-state index contributed by atoms with van der Waals surface area (Å²) in [4.78, 5) is 34.0. The average molecular weight is 383 g/mol. The fourth-order valence-corrected chi connectivity index (χ4v) is 3.69. The first-order valence-electron chi connectivity index (χ1n) is 9.23. The van der Waals surface area contributed by atoms with Crippen molar-refractivity contribution in [3.63, 3.8) is 0 Å². The molecule has 7 heteroatoms. The zero-order chi connectivity index (χ0) is 20.0. The molecule has 1 aliphatic heterocycles. The van der Waals surface area contributed by atoms with Crippen molar-refractivity contribution in [1.29, 1.82) is 0 Å². The molecule has 5 rings (SSSR count). The van der Waals surface area contributed by atoms with Crippen LogP contribution < -0.4 is 10.6 Å². The SMILES string of the molecule is CNc1nccn2c(-c3ccc4c(c3)CC(=O)N4)c(C(=O)c3ccccc3)nc12. The van der Waals surface area contributed by atoms with E-state index >= 15 is 0 Å². The minimum absolute atomic E-state index is 0.0300. The van der Waals surface area contributed by atoms with Gasteiger partial charge in [-0.15, -0.1) is 0 Å². The van der Waals surface area contributed by atoms with Crippen LogP contribution in [0.1, 0.15) is 21.6 Å². The smallest absolute Gasteiger partial charge is 0.228 e. The Bertz CT molecular complexity index is 1280. The second kappa shape index (κ2) is 6.56. The maximum absolute atomic E-state index is 13.3. The predicted octanol–water partition coefficient (Wildman–Crippen LogP) is 3.16. The lowest BCUT2D eigenvalue weighted by molar-refractivity contribution is -0.115. The molecule has 0 radical (unpaired) electrons. The normalized spacial score (nSPS) is 12.7. The molecule has 7 nitrogen and oxygen atoms in total. The fourth-order valence-electron chi connectivity index (χ4n) is 3.69. The number of nitrogens with zero attached hydrogens (tertiary/aromatic N) is 3. The maximum atomic E-state index is 13.3. The Morgan fingerprint density at radius 3 is 2.79 bits per heavy atom. The number of anilines is 2.